The van der Waals surface area contributed by atoms with Crippen LogP contribution in [0.5, 0.6) is 0 Å². The van der Waals surface area contributed by atoms with Crippen molar-refractivity contribution in [3.05, 3.63) is 17.2 Å². The van der Waals surface area contributed by atoms with Gasteiger partial charge in [0.1, 0.15) is 6.04 Å². The van der Waals surface area contributed by atoms with Gasteiger partial charge in [-0.25, -0.2) is 0 Å². The van der Waals surface area contributed by atoms with E-state index in [9.17, 15) is 4.79 Å². The Morgan fingerprint density at radius 1 is 1.30 bits per heavy atom. The van der Waals surface area contributed by atoms with Crippen molar-refractivity contribution in [2.24, 2.45) is 5.92 Å². The van der Waals surface area contributed by atoms with E-state index in [0.717, 1.165) is 35.0 Å². The average molecular weight is 316 g/mol. The molecule has 1 amide bonds. The van der Waals surface area contributed by atoms with Gasteiger partial charge in [0.2, 0.25) is 5.91 Å². The molecular weight excluding hydrogens is 292 g/mol. The van der Waals surface area contributed by atoms with Crippen LogP contribution in [0.25, 0.3) is 11.4 Å². The number of aromatic amines is 1. The lowest BCUT2D eigenvalue weighted by atomic mass is 10.00. The van der Waals surface area contributed by atoms with Crippen LogP contribution < -0.4 is 0 Å². The fourth-order valence-electron chi connectivity index (χ4n) is 3.30. The average Bonchev–Trinajstić information content (AvgIpc) is 3.04. The van der Waals surface area contributed by atoms with E-state index >= 15 is 0 Å². The van der Waals surface area contributed by atoms with Crippen molar-refractivity contribution >= 4 is 5.91 Å². The lowest BCUT2D eigenvalue weighted by Crippen LogP contribution is -2.43. The Kier molecular flexibility index (Phi) is 3.95. The molecule has 0 unspecified atom stereocenters. The van der Waals surface area contributed by atoms with Gasteiger partial charge < -0.3 is 4.90 Å². The highest BCUT2D eigenvalue weighted by Gasteiger charge is 2.36. The predicted molar refractivity (Wildman–Crippen MR) is 86.7 cm³/mol. The number of hydrogen-bond acceptors (Lipinski definition) is 4. The molecule has 2 aromatic heterocycles. The Morgan fingerprint density at radius 3 is 2.61 bits per heavy atom. The molecular formula is C16H24N6O. The number of nitrogens with one attached hydrogen (secondary N) is 1. The van der Waals surface area contributed by atoms with Crippen LogP contribution in [-0.2, 0) is 11.3 Å². The van der Waals surface area contributed by atoms with Crippen LogP contribution in [0.3, 0.4) is 0 Å². The minimum Gasteiger partial charge on any atom is -0.334 e. The monoisotopic (exact) mass is 316 g/mol. The van der Waals surface area contributed by atoms with Gasteiger partial charge >= 0.3 is 0 Å². The summed E-state index contributed by atoms with van der Waals surface area (Å²) in [5.41, 5.74) is 2.79. The quantitative estimate of drug-likeness (QED) is 0.938. The second-order valence-corrected chi connectivity index (χ2v) is 6.62. The maximum Gasteiger partial charge on any atom is 0.246 e. The molecule has 3 heterocycles. The first-order valence-corrected chi connectivity index (χ1v) is 8.18. The lowest BCUT2D eigenvalue weighted by molar-refractivity contribution is -0.137. The molecule has 3 rings (SSSR count). The third-order valence-electron chi connectivity index (χ3n) is 4.44. The molecule has 1 N–H and O–H groups in total. The van der Waals surface area contributed by atoms with Crippen molar-refractivity contribution in [3.8, 4) is 11.4 Å². The van der Waals surface area contributed by atoms with Crippen LogP contribution >= 0.6 is 0 Å². The molecule has 1 aliphatic heterocycles. The van der Waals surface area contributed by atoms with Crippen LogP contribution in [0.2, 0.25) is 0 Å². The molecule has 1 aliphatic rings. The highest BCUT2D eigenvalue weighted by molar-refractivity contribution is 5.82. The van der Waals surface area contributed by atoms with Crippen molar-refractivity contribution in [2.75, 3.05) is 6.54 Å². The summed E-state index contributed by atoms with van der Waals surface area (Å²) < 4.78 is 2.03. The van der Waals surface area contributed by atoms with Crippen LogP contribution in [0.1, 0.15) is 50.4 Å². The molecule has 23 heavy (non-hydrogen) atoms. The molecule has 0 fully saturated rings. The smallest absolute Gasteiger partial charge is 0.246 e. The summed E-state index contributed by atoms with van der Waals surface area (Å²) in [4.78, 5) is 14.7. The molecule has 2 aromatic rings. The third-order valence-corrected chi connectivity index (χ3v) is 4.44. The molecule has 0 saturated heterocycles. The molecule has 0 saturated carbocycles. The zero-order chi connectivity index (χ0) is 16.7. The van der Waals surface area contributed by atoms with E-state index in [1.807, 2.05) is 30.2 Å². The van der Waals surface area contributed by atoms with E-state index in [1.54, 1.807) is 0 Å². The zero-order valence-corrected chi connectivity index (χ0v) is 14.4. The Morgan fingerprint density at radius 2 is 2.04 bits per heavy atom. The van der Waals surface area contributed by atoms with Crippen molar-refractivity contribution in [1.29, 1.82) is 0 Å². The largest absolute Gasteiger partial charge is 0.334 e. The van der Waals surface area contributed by atoms with Gasteiger partial charge in [-0.05, 0) is 33.1 Å². The maximum absolute atomic E-state index is 12.9. The number of hydrogen-bond donors (Lipinski definition) is 1. The first-order valence-electron chi connectivity index (χ1n) is 8.18. The molecule has 0 aliphatic carbocycles. The van der Waals surface area contributed by atoms with Gasteiger partial charge in [0, 0.05) is 12.2 Å². The first-order chi connectivity index (χ1) is 10.9. The summed E-state index contributed by atoms with van der Waals surface area (Å²) in [6.45, 7) is 11.4. The summed E-state index contributed by atoms with van der Waals surface area (Å²) in [6, 6.07) is -0.239. The molecule has 7 heteroatoms. The van der Waals surface area contributed by atoms with E-state index in [1.165, 1.54) is 0 Å². The van der Waals surface area contributed by atoms with Gasteiger partial charge in [-0.1, -0.05) is 13.8 Å². The molecule has 7 nitrogen and oxygen atoms in total. The van der Waals surface area contributed by atoms with E-state index in [0.29, 0.717) is 19.0 Å². The van der Waals surface area contributed by atoms with Crippen molar-refractivity contribution in [1.82, 2.24) is 29.9 Å². The van der Waals surface area contributed by atoms with Crippen LogP contribution in [-0.4, -0.2) is 42.3 Å². The number of likely N-dealkylation sites (N-methyl/N-ethyl adjacent to an activating group) is 1. The molecule has 0 spiro atoms. The highest BCUT2D eigenvalue weighted by Crippen LogP contribution is 2.33. The SMILES string of the molecule is CCN1Cc2nnc(-c3c(C)n[nH]c3C)n2[C@@H](CC(C)C)C1=O. The minimum absolute atomic E-state index is 0.161. The summed E-state index contributed by atoms with van der Waals surface area (Å²) in [5.74, 6) is 2.18. The molecule has 0 bridgehead atoms. The number of rotatable bonds is 4. The first kappa shape index (κ1) is 15.7. The summed E-state index contributed by atoms with van der Waals surface area (Å²) in [6.07, 6.45) is 0.781. The Bertz CT molecular complexity index is 710. The number of aromatic nitrogens is 5. The Balaban J connectivity index is 2.15. The van der Waals surface area contributed by atoms with Gasteiger partial charge in [-0.2, -0.15) is 5.10 Å². The standard InChI is InChI=1S/C16H24N6O/c1-6-21-8-13-19-20-15(14-10(4)17-18-11(14)5)22(13)12(16(21)23)7-9(2)3/h9,12H,6-8H2,1-5H3,(H,17,18)/t12-/m0/s1. The second kappa shape index (κ2) is 5.79. The summed E-state index contributed by atoms with van der Waals surface area (Å²) >= 11 is 0. The number of carbonyl (C=O) groups excluding carboxylic acids is 1. The number of aryl methyl sites for hydroxylation is 2. The van der Waals surface area contributed by atoms with E-state index in [4.69, 9.17) is 0 Å². The van der Waals surface area contributed by atoms with Crippen molar-refractivity contribution < 1.29 is 4.79 Å². The van der Waals surface area contributed by atoms with Crippen LogP contribution in [0.15, 0.2) is 0 Å². The van der Waals surface area contributed by atoms with E-state index < -0.39 is 0 Å². The Hall–Kier alpha value is -2.18. The van der Waals surface area contributed by atoms with Gasteiger partial charge in [-0.15, -0.1) is 10.2 Å². The van der Waals surface area contributed by atoms with Crippen molar-refractivity contribution in [2.45, 2.75) is 53.6 Å². The summed E-state index contributed by atoms with van der Waals surface area (Å²) in [7, 11) is 0. The maximum atomic E-state index is 12.9. The number of H-pyrrole nitrogens is 1. The normalized spacial score (nSPS) is 17.9. The second-order valence-electron chi connectivity index (χ2n) is 6.62. The zero-order valence-electron chi connectivity index (χ0n) is 14.4. The Labute approximate surface area is 136 Å². The summed E-state index contributed by atoms with van der Waals surface area (Å²) in [5, 5.41) is 16.0. The van der Waals surface area contributed by atoms with Gasteiger partial charge in [0.15, 0.2) is 11.6 Å². The van der Waals surface area contributed by atoms with Gasteiger partial charge in [0.05, 0.1) is 17.8 Å². The topological polar surface area (TPSA) is 79.7 Å². The predicted octanol–water partition coefficient (Wildman–Crippen LogP) is 2.23. The molecule has 124 valence electrons. The third kappa shape index (κ3) is 2.54. The molecule has 0 radical (unpaired) electrons. The van der Waals surface area contributed by atoms with Crippen molar-refractivity contribution in [3.63, 3.8) is 0 Å². The molecule has 0 aromatic carbocycles. The number of fused-ring (bicyclic) bond motifs is 1. The number of nitrogens with zero attached hydrogens (tertiary/aromatic N) is 5. The van der Waals surface area contributed by atoms with Gasteiger partial charge in [-0.3, -0.25) is 14.5 Å². The number of carbonyl (C=O) groups is 1. The number of amides is 1. The fourth-order valence-corrected chi connectivity index (χ4v) is 3.30. The van der Waals surface area contributed by atoms with E-state index in [2.05, 4.69) is 34.2 Å². The van der Waals surface area contributed by atoms with Crippen LogP contribution in [0, 0.1) is 19.8 Å². The fraction of sp³-hybridized carbons (Fsp3) is 0.625. The highest BCUT2D eigenvalue weighted by atomic mass is 16.2. The van der Waals surface area contributed by atoms with Gasteiger partial charge in [0.25, 0.3) is 0 Å². The molecule has 1 atom stereocenters. The van der Waals surface area contributed by atoms with E-state index in [-0.39, 0.29) is 11.9 Å². The van der Waals surface area contributed by atoms with Crippen LogP contribution in [0.4, 0.5) is 0 Å². The minimum atomic E-state index is -0.239. The lowest BCUT2D eigenvalue weighted by Gasteiger charge is -2.34.